The molecule has 0 spiro atoms. The van der Waals surface area contributed by atoms with Crippen molar-refractivity contribution < 1.29 is 4.39 Å². The highest BCUT2D eigenvalue weighted by molar-refractivity contribution is 14.1. The monoisotopic (exact) mass is 266 g/mol. The molecule has 0 fully saturated rings. The molecule has 0 bridgehead atoms. The van der Waals surface area contributed by atoms with Gasteiger partial charge in [-0.3, -0.25) is 0 Å². The predicted octanol–water partition coefficient (Wildman–Crippen LogP) is 3.83. The van der Waals surface area contributed by atoms with E-state index in [1.54, 1.807) is 6.08 Å². The fourth-order valence-electron chi connectivity index (χ4n) is 1.34. The molecule has 0 radical (unpaired) electrons. The Hall–Kier alpha value is 0.140. The minimum absolute atomic E-state index is 0.0530. The molecule has 2 heteroatoms. The Morgan fingerprint density at radius 3 is 2.73 bits per heavy atom. The quantitative estimate of drug-likeness (QED) is 0.632. The maximum Gasteiger partial charge on any atom is 0.132 e. The second-order valence-corrected chi connectivity index (χ2v) is 4.12. The van der Waals surface area contributed by atoms with Crippen molar-refractivity contribution in [2.45, 2.75) is 20.3 Å². The Morgan fingerprint density at radius 1 is 1.55 bits per heavy atom. The first-order valence-corrected chi connectivity index (χ1v) is 4.98. The summed E-state index contributed by atoms with van der Waals surface area (Å²) < 4.78 is 13.7. The molecule has 0 aromatic heterocycles. The predicted molar refractivity (Wildman–Crippen MR) is 54.2 cm³/mol. The number of allylic oxidation sites excluding steroid dienone is 4. The second-order valence-electron chi connectivity index (χ2n) is 2.96. The van der Waals surface area contributed by atoms with Gasteiger partial charge >= 0.3 is 0 Å². The van der Waals surface area contributed by atoms with Crippen molar-refractivity contribution in [3.63, 3.8) is 0 Å². The minimum atomic E-state index is -0.0530. The summed E-state index contributed by atoms with van der Waals surface area (Å²) >= 11 is 2.05. The molecule has 11 heavy (non-hydrogen) atoms. The van der Waals surface area contributed by atoms with Crippen LogP contribution in [0.15, 0.2) is 21.6 Å². The molecule has 0 aliphatic heterocycles. The average molecular weight is 266 g/mol. The average Bonchev–Trinajstić information content (AvgIpc) is 1.97. The molecule has 0 amide bonds. The van der Waals surface area contributed by atoms with Crippen LogP contribution in [0.25, 0.3) is 0 Å². The lowest BCUT2D eigenvalue weighted by Crippen LogP contribution is -2.10. The van der Waals surface area contributed by atoms with Crippen molar-refractivity contribution in [3.8, 4) is 0 Å². The van der Waals surface area contributed by atoms with Gasteiger partial charge in [-0.25, -0.2) is 4.39 Å². The van der Waals surface area contributed by atoms with Gasteiger partial charge in [0.15, 0.2) is 0 Å². The lowest BCUT2D eigenvalue weighted by molar-refractivity contribution is 0.471. The van der Waals surface area contributed by atoms with E-state index in [-0.39, 0.29) is 5.83 Å². The normalized spacial score (nSPS) is 31.3. The Bertz CT molecular complexity index is 206. The van der Waals surface area contributed by atoms with Crippen molar-refractivity contribution >= 4 is 22.6 Å². The maximum atomic E-state index is 12.9. The molecule has 0 N–H and O–H groups in total. The van der Waals surface area contributed by atoms with E-state index in [9.17, 15) is 4.39 Å². The van der Waals surface area contributed by atoms with E-state index >= 15 is 0 Å². The third kappa shape index (κ3) is 2.04. The van der Waals surface area contributed by atoms with Crippen molar-refractivity contribution in [3.05, 3.63) is 21.6 Å². The Kier molecular flexibility index (Phi) is 3.10. The third-order valence-corrected chi connectivity index (χ3v) is 3.02. The van der Waals surface area contributed by atoms with E-state index in [4.69, 9.17) is 0 Å². The zero-order chi connectivity index (χ0) is 8.43. The van der Waals surface area contributed by atoms with E-state index in [1.165, 1.54) is 0 Å². The molecule has 0 nitrogen and oxygen atoms in total. The van der Waals surface area contributed by atoms with E-state index in [2.05, 4.69) is 13.8 Å². The van der Waals surface area contributed by atoms with E-state index < -0.39 is 0 Å². The molecule has 0 heterocycles. The largest absolute Gasteiger partial charge is 0.206 e. The lowest BCUT2D eigenvalue weighted by Gasteiger charge is -2.20. The summed E-state index contributed by atoms with van der Waals surface area (Å²) in [5.41, 5.74) is 0. The molecule has 0 saturated carbocycles. The summed E-state index contributed by atoms with van der Waals surface area (Å²) in [5, 5.41) is 0. The SMILES string of the molecule is CCC1C=C(I)C(F)=CC1C. The van der Waals surface area contributed by atoms with Crippen LogP contribution in [0.2, 0.25) is 0 Å². The topological polar surface area (TPSA) is 0 Å². The molecule has 0 saturated heterocycles. The van der Waals surface area contributed by atoms with Crippen LogP contribution < -0.4 is 0 Å². The van der Waals surface area contributed by atoms with Crippen LogP contribution in [-0.4, -0.2) is 0 Å². The van der Waals surface area contributed by atoms with Gasteiger partial charge in [-0.15, -0.1) is 0 Å². The molecular formula is C9H12FI. The smallest absolute Gasteiger partial charge is 0.132 e. The van der Waals surface area contributed by atoms with Gasteiger partial charge in [0, 0.05) is 3.58 Å². The molecule has 0 aromatic carbocycles. The van der Waals surface area contributed by atoms with Crippen molar-refractivity contribution in [2.75, 3.05) is 0 Å². The molecule has 2 atom stereocenters. The van der Waals surface area contributed by atoms with Gasteiger partial charge in [0.05, 0.1) is 0 Å². The van der Waals surface area contributed by atoms with Gasteiger partial charge in [0.1, 0.15) is 5.83 Å². The van der Waals surface area contributed by atoms with E-state index in [0.717, 1.165) is 10.0 Å². The van der Waals surface area contributed by atoms with Crippen LogP contribution in [0.3, 0.4) is 0 Å². The summed E-state index contributed by atoms with van der Waals surface area (Å²) in [6.45, 7) is 4.20. The Morgan fingerprint density at radius 2 is 2.18 bits per heavy atom. The van der Waals surface area contributed by atoms with Crippen LogP contribution in [0.4, 0.5) is 4.39 Å². The zero-order valence-corrected chi connectivity index (χ0v) is 8.93. The molecule has 0 aromatic rings. The fourth-order valence-corrected chi connectivity index (χ4v) is 1.98. The van der Waals surface area contributed by atoms with Gasteiger partial charge in [-0.05, 0) is 46.9 Å². The summed E-state index contributed by atoms with van der Waals surface area (Å²) in [6, 6.07) is 0. The highest BCUT2D eigenvalue weighted by atomic mass is 127. The molecular weight excluding hydrogens is 254 g/mol. The van der Waals surface area contributed by atoms with E-state index in [0.29, 0.717) is 11.8 Å². The van der Waals surface area contributed by atoms with Crippen LogP contribution in [0, 0.1) is 11.8 Å². The molecule has 2 unspecified atom stereocenters. The molecule has 1 aliphatic rings. The summed E-state index contributed by atoms with van der Waals surface area (Å²) in [6.07, 6.45) is 4.84. The highest BCUT2D eigenvalue weighted by Gasteiger charge is 2.18. The first kappa shape index (κ1) is 9.23. The fraction of sp³-hybridized carbons (Fsp3) is 0.556. The van der Waals surface area contributed by atoms with Gasteiger partial charge in [-0.1, -0.05) is 19.9 Å². The second kappa shape index (κ2) is 3.70. The third-order valence-electron chi connectivity index (χ3n) is 2.14. The van der Waals surface area contributed by atoms with Crippen LogP contribution in [0.5, 0.6) is 0 Å². The molecule has 1 rings (SSSR count). The standard InChI is InChI=1S/C9H12FI/c1-3-7-5-9(11)8(10)4-6(7)2/h4-7H,3H2,1-2H3. The number of rotatable bonds is 1. The van der Waals surface area contributed by atoms with Crippen LogP contribution >= 0.6 is 22.6 Å². The summed E-state index contributed by atoms with van der Waals surface area (Å²) in [4.78, 5) is 0. The number of hydrogen-bond acceptors (Lipinski definition) is 0. The zero-order valence-electron chi connectivity index (χ0n) is 6.77. The summed E-state index contributed by atoms with van der Waals surface area (Å²) in [7, 11) is 0. The number of halogens is 2. The van der Waals surface area contributed by atoms with Crippen LogP contribution in [-0.2, 0) is 0 Å². The Balaban J connectivity index is 2.79. The van der Waals surface area contributed by atoms with Gasteiger partial charge in [0.25, 0.3) is 0 Å². The highest BCUT2D eigenvalue weighted by Crippen LogP contribution is 2.33. The lowest BCUT2D eigenvalue weighted by atomic mass is 9.88. The van der Waals surface area contributed by atoms with Crippen molar-refractivity contribution in [2.24, 2.45) is 11.8 Å². The van der Waals surface area contributed by atoms with Crippen LogP contribution in [0.1, 0.15) is 20.3 Å². The van der Waals surface area contributed by atoms with Gasteiger partial charge in [0.2, 0.25) is 0 Å². The maximum absolute atomic E-state index is 12.9. The van der Waals surface area contributed by atoms with Crippen molar-refractivity contribution in [1.29, 1.82) is 0 Å². The first-order chi connectivity index (χ1) is 5.15. The van der Waals surface area contributed by atoms with Gasteiger partial charge in [-0.2, -0.15) is 0 Å². The van der Waals surface area contributed by atoms with Gasteiger partial charge < -0.3 is 0 Å². The molecule has 62 valence electrons. The Labute approximate surface area is 80.7 Å². The first-order valence-electron chi connectivity index (χ1n) is 3.90. The number of hydrogen-bond donors (Lipinski definition) is 0. The molecule has 1 aliphatic carbocycles. The minimum Gasteiger partial charge on any atom is -0.206 e. The summed E-state index contributed by atoms with van der Waals surface area (Å²) in [5.74, 6) is 0.836. The van der Waals surface area contributed by atoms with Crippen molar-refractivity contribution in [1.82, 2.24) is 0 Å². The van der Waals surface area contributed by atoms with E-state index in [1.807, 2.05) is 28.7 Å².